The van der Waals surface area contributed by atoms with E-state index in [0.29, 0.717) is 0 Å². The van der Waals surface area contributed by atoms with Crippen LogP contribution in [-0.4, -0.2) is 36.0 Å². The van der Waals surface area contributed by atoms with Crippen molar-refractivity contribution >= 4 is 6.09 Å². The van der Waals surface area contributed by atoms with Crippen molar-refractivity contribution in [3.05, 3.63) is 0 Å². The van der Waals surface area contributed by atoms with Crippen molar-refractivity contribution < 1.29 is 14.6 Å². The highest BCUT2D eigenvalue weighted by atomic mass is 16.6. The van der Waals surface area contributed by atoms with E-state index < -0.39 is 5.60 Å². The van der Waals surface area contributed by atoms with Crippen LogP contribution in [0.5, 0.6) is 0 Å². The molecule has 1 saturated carbocycles. The lowest BCUT2D eigenvalue weighted by molar-refractivity contribution is 0.0505. The number of alkyl carbamates (subject to hydrolysis) is 1. The molecule has 1 rings (SSSR count). The number of amides is 1. The number of hydrogen-bond acceptors (Lipinski definition) is 4. The minimum absolute atomic E-state index is 0.194. The van der Waals surface area contributed by atoms with Gasteiger partial charge >= 0.3 is 6.09 Å². The van der Waals surface area contributed by atoms with Gasteiger partial charge in [0.15, 0.2) is 0 Å². The van der Waals surface area contributed by atoms with Crippen LogP contribution in [0.3, 0.4) is 0 Å². The number of carbonyl (C=O) groups excluding carboxylic acids is 1. The van der Waals surface area contributed by atoms with E-state index >= 15 is 0 Å². The molecule has 2 atom stereocenters. The summed E-state index contributed by atoms with van der Waals surface area (Å²) in [6.45, 7) is 5.56. The van der Waals surface area contributed by atoms with E-state index in [1.165, 1.54) is 0 Å². The van der Waals surface area contributed by atoms with Crippen LogP contribution in [0.25, 0.3) is 0 Å². The molecular formula is C11H24N2O3. The number of ether oxygens (including phenoxy) is 1. The van der Waals surface area contributed by atoms with Crippen molar-refractivity contribution in [1.29, 1.82) is 0 Å². The maximum atomic E-state index is 11.3. The Hall–Kier alpha value is -0.810. The average Bonchev–Trinajstić information content (AvgIpc) is 2.51. The molecule has 16 heavy (non-hydrogen) atoms. The first-order valence-corrected chi connectivity index (χ1v) is 5.56. The second-order valence-corrected chi connectivity index (χ2v) is 4.92. The van der Waals surface area contributed by atoms with E-state index in [1.54, 1.807) is 0 Å². The molecule has 96 valence electrons. The molecule has 0 radical (unpaired) electrons. The Morgan fingerprint density at radius 1 is 1.38 bits per heavy atom. The second kappa shape index (κ2) is 6.70. The molecule has 1 aliphatic carbocycles. The zero-order valence-electron chi connectivity index (χ0n) is 10.6. The van der Waals surface area contributed by atoms with Gasteiger partial charge in [0.2, 0.25) is 0 Å². The monoisotopic (exact) mass is 232 g/mol. The van der Waals surface area contributed by atoms with E-state index in [4.69, 9.17) is 15.6 Å². The lowest BCUT2D eigenvalue weighted by Gasteiger charge is -2.21. The van der Waals surface area contributed by atoms with E-state index in [9.17, 15) is 4.79 Å². The van der Waals surface area contributed by atoms with Gasteiger partial charge in [-0.25, -0.2) is 4.79 Å². The fourth-order valence-corrected chi connectivity index (χ4v) is 1.62. The molecule has 0 bridgehead atoms. The zero-order valence-corrected chi connectivity index (χ0v) is 10.6. The fraction of sp³-hybridized carbons (Fsp3) is 0.909. The van der Waals surface area contributed by atoms with E-state index in [-0.39, 0.29) is 18.2 Å². The van der Waals surface area contributed by atoms with Gasteiger partial charge in [0.25, 0.3) is 0 Å². The molecule has 0 aromatic heterocycles. The molecule has 0 aromatic rings. The summed E-state index contributed by atoms with van der Waals surface area (Å²) in [6.07, 6.45) is 2.47. The molecule has 0 saturated heterocycles. The number of aliphatic hydroxyl groups is 1. The molecule has 0 spiro atoms. The van der Waals surface area contributed by atoms with Crippen LogP contribution in [0.4, 0.5) is 4.79 Å². The first kappa shape index (κ1) is 15.2. The third kappa shape index (κ3) is 6.63. The highest BCUT2D eigenvalue weighted by molar-refractivity contribution is 5.68. The van der Waals surface area contributed by atoms with Crippen molar-refractivity contribution in [2.24, 2.45) is 5.73 Å². The quantitative estimate of drug-likeness (QED) is 0.629. The number of nitrogens with one attached hydrogen (secondary N) is 1. The second-order valence-electron chi connectivity index (χ2n) is 4.92. The van der Waals surface area contributed by atoms with Crippen molar-refractivity contribution in [3.63, 3.8) is 0 Å². The number of nitrogens with two attached hydrogens (primary N) is 1. The van der Waals surface area contributed by atoms with Gasteiger partial charge in [0.05, 0.1) is 0 Å². The number of aliphatic hydroxyl groups excluding tert-OH is 1. The van der Waals surface area contributed by atoms with Crippen molar-refractivity contribution in [1.82, 2.24) is 5.32 Å². The standard InChI is InChI=1S/C10H20N2O2.CH4O/c1-10(2,3)14-9(13)12-8-5-4-7(11)6-8;1-2/h7-8H,4-6,11H2,1-3H3,(H,12,13);2H,1H3/t7-,8+;/m0./s1. The Kier molecular flexibility index (Phi) is 6.36. The lowest BCUT2D eigenvalue weighted by atomic mass is 10.2. The van der Waals surface area contributed by atoms with E-state index in [0.717, 1.165) is 26.4 Å². The molecular weight excluding hydrogens is 208 g/mol. The number of hydrogen-bond donors (Lipinski definition) is 3. The minimum atomic E-state index is -0.426. The van der Waals surface area contributed by atoms with Gasteiger partial charge in [0, 0.05) is 19.2 Å². The Balaban J connectivity index is 0.00000106. The average molecular weight is 232 g/mol. The highest BCUT2D eigenvalue weighted by Crippen LogP contribution is 2.17. The van der Waals surface area contributed by atoms with Crippen molar-refractivity contribution in [3.8, 4) is 0 Å². The van der Waals surface area contributed by atoms with Crippen LogP contribution in [0, 0.1) is 0 Å². The summed E-state index contributed by atoms with van der Waals surface area (Å²) in [5.74, 6) is 0. The van der Waals surface area contributed by atoms with Gasteiger partial charge in [-0.1, -0.05) is 0 Å². The summed E-state index contributed by atoms with van der Waals surface area (Å²) in [6, 6.07) is 0.426. The Bertz CT molecular complexity index is 214. The van der Waals surface area contributed by atoms with Crippen LogP contribution in [-0.2, 0) is 4.74 Å². The van der Waals surface area contributed by atoms with E-state index in [1.807, 2.05) is 20.8 Å². The summed E-state index contributed by atoms with van der Waals surface area (Å²) in [5, 5.41) is 9.82. The van der Waals surface area contributed by atoms with Crippen LogP contribution >= 0.6 is 0 Å². The molecule has 4 N–H and O–H groups in total. The SMILES string of the molecule is CC(C)(C)OC(=O)N[C@@H]1CC[C@H](N)C1.CO. The van der Waals surface area contributed by atoms with Crippen LogP contribution < -0.4 is 11.1 Å². The Morgan fingerprint density at radius 2 is 1.94 bits per heavy atom. The summed E-state index contributed by atoms with van der Waals surface area (Å²) in [5.41, 5.74) is 5.31. The zero-order chi connectivity index (χ0) is 12.8. The first-order valence-electron chi connectivity index (χ1n) is 5.56. The van der Waals surface area contributed by atoms with Crippen LogP contribution in [0.1, 0.15) is 40.0 Å². The largest absolute Gasteiger partial charge is 0.444 e. The molecule has 0 heterocycles. The lowest BCUT2D eigenvalue weighted by Crippen LogP contribution is -2.38. The van der Waals surface area contributed by atoms with Crippen LogP contribution in [0.2, 0.25) is 0 Å². The van der Waals surface area contributed by atoms with Gasteiger partial charge in [-0.2, -0.15) is 0 Å². The molecule has 0 aliphatic heterocycles. The predicted molar refractivity (Wildman–Crippen MR) is 63.1 cm³/mol. The maximum absolute atomic E-state index is 11.3. The topological polar surface area (TPSA) is 84.6 Å². The van der Waals surface area contributed by atoms with E-state index in [2.05, 4.69) is 5.32 Å². The molecule has 1 aliphatic rings. The first-order chi connectivity index (χ1) is 7.37. The van der Waals surface area contributed by atoms with Gasteiger partial charge in [-0.05, 0) is 40.0 Å². The molecule has 5 heteroatoms. The van der Waals surface area contributed by atoms with Gasteiger partial charge in [-0.3, -0.25) is 0 Å². The molecule has 5 nitrogen and oxygen atoms in total. The maximum Gasteiger partial charge on any atom is 0.407 e. The fourth-order valence-electron chi connectivity index (χ4n) is 1.62. The third-order valence-corrected chi connectivity index (χ3v) is 2.19. The summed E-state index contributed by atoms with van der Waals surface area (Å²) < 4.78 is 5.14. The molecule has 0 unspecified atom stereocenters. The summed E-state index contributed by atoms with van der Waals surface area (Å²) in [4.78, 5) is 11.3. The summed E-state index contributed by atoms with van der Waals surface area (Å²) >= 11 is 0. The molecule has 1 fully saturated rings. The van der Waals surface area contributed by atoms with Gasteiger partial charge < -0.3 is 20.9 Å². The van der Waals surface area contributed by atoms with Crippen LogP contribution in [0.15, 0.2) is 0 Å². The smallest absolute Gasteiger partial charge is 0.407 e. The highest BCUT2D eigenvalue weighted by Gasteiger charge is 2.25. The number of rotatable bonds is 1. The van der Waals surface area contributed by atoms with Crippen molar-refractivity contribution in [2.75, 3.05) is 7.11 Å². The van der Waals surface area contributed by atoms with Gasteiger partial charge in [0.1, 0.15) is 5.60 Å². The normalized spacial score (nSPS) is 24.4. The molecule has 0 aromatic carbocycles. The minimum Gasteiger partial charge on any atom is -0.444 e. The Morgan fingerprint density at radius 3 is 2.31 bits per heavy atom. The predicted octanol–water partition coefficient (Wildman–Crippen LogP) is 0.999. The van der Waals surface area contributed by atoms with Crippen molar-refractivity contribution in [2.45, 2.75) is 57.7 Å². The van der Waals surface area contributed by atoms with Gasteiger partial charge in [-0.15, -0.1) is 0 Å². The molecule has 1 amide bonds. The summed E-state index contributed by atoms with van der Waals surface area (Å²) in [7, 11) is 1.00. The number of carbonyl (C=O) groups is 1. The third-order valence-electron chi connectivity index (χ3n) is 2.19. The Labute approximate surface area is 97.3 Å².